The normalized spacial score (nSPS) is 14.4. The minimum Gasteiger partial charge on any atom is -0.545 e. The SMILES string of the molecule is O=C([O-])c1cccc(Nc2cc(N3CCN(c4ccccc4F)CC3)c3noc4c3c2C(=O)c2ccccc2-4)c1. The van der Waals surface area contributed by atoms with Crippen molar-refractivity contribution in [2.75, 3.05) is 41.3 Å². The van der Waals surface area contributed by atoms with Gasteiger partial charge in [-0.2, -0.15) is 0 Å². The van der Waals surface area contributed by atoms with Gasteiger partial charge in [0.15, 0.2) is 11.5 Å². The quantitative estimate of drug-likeness (QED) is 0.343. The molecular formula is C31H22FN4O4-. The number of aromatic carboxylic acids is 1. The van der Waals surface area contributed by atoms with Crippen molar-refractivity contribution in [3.63, 3.8) is 0 Å². The van der Waals surface area contributed by atoms with E-state index in [0.29, 0.717) is 76.6 Å². The highest BCUT2D eigenvalue weighted by molar-refractivity contribution is 6.28. The van der Waals surface area contributed by atoms with Crippen LogP contribution in [0.1, 0.15) is 26.3 Å². The summed E-state index contributed by atoms with van der Waals surface area (Å²) in [5, 5.41) is 19.8. The number of carboxylic acids is 1. The third kappa shape index (κ3) is 3.78. The number of halogens is 1. The summed E-state index contributed by atoms with van der Waals surface area (Å²) < 4.78 is 20.3. The summed E-state index contributed by atoms with van der Waals surface area (Å²) in [5.74, 6) is -1.21. The molecular weight excluding hydrogens is 511 g/mol. The highest BCUT2D eigenvalue weighted by atomic mass is 19.1. The number of hydrogen-bond donors (Lipinski definition) is 1. The highest BCUT2D eigenvalue weighted by Gasteiger charge is 2.34. The lowest BCUT2D eigenvalue weighted by atomic mass is 9.86. The molecule has 2 aliphatic rings. The molecule has 4 aromatic carbocycles. The second-order valence-electron chi connectivity index (χ2n) is 9.85. The van der Waals surface area contributed by atoms with Gasteiger partial charge in [0.05, 0.1) is 34.0 Å². The number of nitrogens with zero attached hydrogens (tertiary/aromatic N) is 3. The lowest BCUT2D eigenvalue weighted by molar-refractivity contribution is -0.255. The fourth-order valence-electron chi connectivity index (χ4n) is 5.66. The van der Waals surface area contributed by atoms with Crippen LogP contribution in [0.15, 0.2) is 83.4 Å². The van der Waals surface area contributed by atoms with Crippen LogP contribution in [0.3, 0.4) is 0 Å². The maximum atomic E-state index is 14.4. The Balaban J connectivity index is 1.34. The van der Waals surface area contributed by atoms with E-state index in [2.05, 4.69) is 15.4 Å². The van der Waals surface area contributed by atoms with Crippen molar-refractivity contribution in [1.29, 1.82) is 0 Å². The van der Waals surface area contributed by atoms with Gasteiger partial charge >= 0.3 is 0 Å². The molecule has 1 N–H and O–H groups in total. The molecule has 0 unspecified atom stereocenters. The van der Waals surface area contributed by atoms with Crippen molar-refractivity contribution in [3.05, 3.63) is 101 Å². The van der Waals surface area contributed by atoms with Crippen molar-refractivity contribution in [1.82, 2.24) is 5.16 Å². The van der Waals surface area contributed by atoms with Crippen molar-refractivity contribution < 1.29 is 23.6 Å². The molecule has 1 aliphatic heterocycles. The Hall–Kier alpha value is -5.18. The summed E-state index contributed by atoms with van der Waals surface area (Å²) in [6.07, 6.45) is 0. The molecule has 0 radical (unpaired) electrons. The van der Waals surface area contributed by atoms with Crippen LogP contribution in [0, 0.1) is 5.82 Å². The van der Waals surface area contributed by atoms with Gasteiger partial charge in [-0.15, -0.1) is 0 Å². The zero-order chi connectivity index (χ0) is 27.4. The maximum absolute atomic E-state index is 14.4. The summed E-state index contributed by atoms with van der Waals surface area (Å²) in [6.45, 7) is 2.37. The zero-order valence-corrected chi connectivity index (χ0v) is 21.2. The molecule has 8 nitrogen and oxygen atoms in total. The second-order valence-corrected chi connectivity index (χ2v) is 9.85. The number of hydrogen-bond acceptors (Lipinski definition) is 8. The van der Waals surface area contributed by atoms with Gasteiger partial charge in [-0.1, -0.05) is 53.7 Å². The average molecular weight is 534 g/mol. The fourth-order valence-corrected chi connectivity index (χ4v) is 5.66. The molecule has 198 valence electrons. The Morgan fingerprint density at radius 2 is 1.57 bits per heavy atom. The van der Waals surface area contributed by atoms with Crippen LogP contribution >= 0.6 is 0 Å². The fraction of sp³-hybridized carbons (Fsp3) is 0.129. The van der Waals surface area contributed by atoms with Crippen LogP contribution in [0.25, 0.3) is 22.2 Å². The number of carboxylic acid groups (broad SMARTS) is 1. The number of piperazine rings is 1. The lowest BCUT2D eigenvalue weighted by Crippen LogP contribution is -2.47. The number of para-hydroxylation sites is 1. The number of anilines is 4. The van der Waals surface area contributed by atoms with Crippen LogP contribution in [0.2, 0.25) is 0 Å². The molecule has 1 saturated heterocycles. The number of fused-ring (bicyclic) bond motifs is 2. The van der Waals surface area contributed by atoms with Gasteiger partial charge in [-0.25, -0.2) is 4.39 Å². The summed E-state index contributed by atoms with van der Waals surface area (Å²) in [7, 11) is 0. The molecule has 7 rings (SSSR count). The predicted octanol–water partition coefficient (Wildman–Crippen LogP) is 4.61. The number of nitrogens with one attached hydrogen (secondary N) is 1. The van der Waals surface area contributed by atoms with Gasteiger partial charge < -0.3 is 29.5 Å². The second kappa shape index (κ2) is 9.23. The highest BCUT2D eigenvalue weighted by Crippen LogP contribution is 2.46. The molecule has 1 aliphatic carbocycles. The molecule has 0 bridgehead atoms. The molecule has 0 amide bonds. The van der Waals surface area contributed by atoms with E-state index in [9.17, 15) is 19.1 Å². The molecule has 0 spiro atoms. The van der Waals surface area contributed by atoms with Crippen LogP contribution in [-0.4, -0.2) is 43.1 Å². The number of carbonyl (C=O) groups is 2. The van der Waals surface area contributed by atoms with Crippen LogP contribution in [0.5, 0.6) is 0 Å². The average Bonchev–Trinajstić information content (AvgIpc) is 3.42. The number of ketones is 1. The minimum absolute atomic E-state index is 0.0200. The molecule has 2 heterocycles. The van der Waals surface area contributed by atoms with E-state index in [1.165, 1.54) is 18.2 Å². The molecule has 1 fully saturated rings. The number of aromatic nitrogens is 1. The van der Waals surface area contributed by atoms with Gasteiger partial charge in [0, 0.05) is 43.0 Å². The monoisotopic (exact) mass is 533 g/mol. The van der Waals surface area contributed by atoms with Gasteiger partial charge in [0.25, 0.3) is 0 Å². The van der Waals surface area contributed by atoms with Gasteiger partial charge in [0.2, 0.25) is 0 Å². The van der Waals surface area contributed by atoms with Crippen molar-refractivity contribution in [2.24, 2.45) is 0 Å². The van der Waals surface area contributed by atoms with Crippen molar-refractivity contribution in [3.8, 4) is 11.3 Å². The van der Waals surface area contributed by atoms with E-state index in [4.69, 9.17) is 4.52 Å². The van der Waals surface area contributed by atoms with Crippen LogP contribution in [-0.2, 0) is 0 Å². The van der Waals surface area contributed by atoms with Crippen molar-refractivity contribution >= 4 is 45.4 Å². The van der Waals surface area contributed by atoms with Gasteiger partial charge in [0.1, 0.15) is 11.3 Å². The first-order valence-electron chi connectivity index (χ1n) is 12.9. The van der Waals surface area contributed by atoms with E-state index < -0.39 is 5.97 Å². The van der Waals surface area contributed by atoms with E-state index in [1.54, 1.807) is 36.4 Å². The van der Waals surface area contributed by atoms with E-state index in [0.717, 1.165) is 5.69 Å². The lowest BCUT2D eigenvalue weighted by Gasteiger charge is -2.37. The standard InChI is InChI=1S/C31H23FN4O4/c32-22-10-3-4-11-24(22)35-12-14-36(15-13-35)25-17-23(33-19-7-5-6-18(16-19)31(38)39)26-27-28(25)34-40-30(27)21-9-2-1-8-20(21)29(26)37/h1-11,16-17,33H,12-15H2,(H,38,39)/p-1. The first-order valence-corrected chi connectivity index (χ1v) is 12.9. The third-order valence-electron chi connectivity index (χ3n) is 7.57. The molecule has 1 aromatic heterocycles. The number of rotatable bonds is 5. The van der Waals surface area contributed by atoms with E-state index >= 15 is 0 Å². The summed E-state index contributed by atoms with van der Waals surface area (Å²) in [6, 6.07) is 22.1. The molecule has 0 saturated carbocycles. The van der Waals surface area contributed by atoms with E-state index in [1.807, 2.05) is 29.2 Å². The number of benzene rings is 4. The van der Waals surface area contributed by atoms with Crippen LogP contribution < -0.4 is 20.2 Å². The topological polar surface area (TPSA) is 102 Å². The molecule has 9 heteroatoms. The Morgan fingerprint density at radius 1 is 0.875 bits per heavy atom. The molecule has 40 heavy (non-hydrogen) atoms. The number of carbonyl (C=O) groups excluding carboxylic acids is 2. The van der Waals surface area contributed by atoms with Crippen LogP contribution in [0.4, 0.5) is 27.1 Å². The Bertz CT molecular complexity index is 1820. The third-order valence-corrected chi connectivity index (χ3v) is 7.57. The molecule has 0 atom stereocenters. The Morgan fingerprint density at radius 3 is 2.33 bits per heavy atom. The maximum Gasteiger partial charge on any atom is 0.196 e. The summed E-state index contributed by atoms with van der Waals surface area (Å²) in [4.78, 5) is 29.5. The summed E-state index contributed by atoms with van der Waals surface area (Å²) >= 11 is 0. The minimum atomic E-state index is -1.29. The smallest absolute Gasteiger partial charge is 0.196 e. The Labute approximate surface area is 228 Å². The predicted molar refractivity (Wildman–Crippen MR) is 148 cm³/mol. The van der Waals surface area contributed by atoms with Crippen molar-refractivity contribution in [2.45, 2.75) is 0 Å². The zero-order valence-electron chi connectivity index (χ0n) is 21.2. The Kier molecular flexibility index (Phi) is 5.52. The van der Waals surface area contributed by atoms with Gasteiger partial charge in [-0.05, 0) is 35.9 Å². The molecule has 5 aromatic rings. The first kappa shape index (κ1) is 23.9. The van der Waals surface area contributed by atoms with E-state index in [-0.39, 0.29) is 17.2 Å². The largest absolute Gasteiger partial charge is 0.545 e. The first-order chi connectivity index (χ1) is 19.5. The van der Waals surface area contributed by atoms with Gasteiger partial charge in [-0.3, -0.25) is 4.79 Å². The summed E-state index contributed by atoms with van der Waals surface area (Å²) in [5.41, 5.74) is 4.53.